The van der Waals surface area contributed by atoms with Gasteiger partial charge in [-0.3, -0.25) is 4.79 Å². The van der Waals surface area contributed by atoms with E-state index in [1.807, 2.05) is 30.3 Å². The van der Waals surface area contributed by atoms with Crippen LogP contribution in [0.25, 0.3) is 0 Å². The lowest BCUT2D eigenvalue weighted by molar-refractivity contribution is -0.140. The minimum absolute atomic E-state index is 0.0646. The average molecular weight is 393 g/mol. The molecule has 2 aliphatic rings. The Labute approximate surface area is 177 Å². The first-order valence-corrected chi connectivity index (χ1v) is 11.7. The molecule has 2 heteroatoms. The minimum Gasteiger partial charge on any atom is -0.426 e. The summed E-state index contributed by atoms with van der Waals surface area (Å²) < 4.78 is 5.60. The molecular weight excluding hydrogens is 356 g/mol. The Balaban J connectivity index is 1.44. The van der Waals surface area contributed by atoms with Crippen molar-refractivity contribution in [3.05, 3.63) is 42.0 Å². The molecule has 2 fully saturated rings. The topological polar surface area (TPSA) is 26.3 Å². The van der Waals surface area contributed by atoms with Crippen molar-refractivity contribution in [2.45, 2.75) is 78.1 Å². The molecule has 3 rings (SSSR count). The lowest BCUT2D eigenvalue weighted by Gasteiger charge is -2.26. The maximum atomic E-state index is 12.4. The fourth-order valence-electron chi connectivity index (χ4n) is 4.71. The van der Waals surface area contributed by atoms with Gasteiger partial charge in [0.1, 0.15) is 5.75 Å². The van der Waals surface area contributed by atoms with Gasteiger partial charge in [-0.1, -0.05) is 44.6 Å². The second-order valence-corrected chi connectivity index (χ2v) is 8.89. The van der Waals surface area contributed by atoms with Crippen molar-refractivity contribution in [1.29, 1.82) is 0 Å². The quantitative estimate of drug-likeness (QED) is 0.308. The minimum atomic E-state index is -0.0703. The zero-order chi connectivity index (χ0) is 20.5. The summed E-state index contributed by atoms with van der Waals surface area (Å²) in [5.41, 5.74) is 0.951. The fraction of sp³-hybridized carbons (Fsp3) is 0.593. The average Bonchev–Trinajstić information content (AvgIpc) is 2.78. The summed E-state index contributed by atoms with van der Waals surface area (Å²) in [7, 11) is 0. The third kappa shape index (κ3) is 6.77. The number of carbonyl (C=O) groups is 1. The van der Waals surface area contributed by atoms with Crippen molar-refractivity contribution >= 4 is 5.97 Å². The van der Waals surface area contributed by atoms with Gasteiger partial charge in [0, 0.05) is 5.56 Å². The van der Waals surface area contributed by atoms with E-state index in [2.05, 4.69) is 31.8 Å². The highest BCUT2D eigenvalue weighted by molar-refractivity contribution is 5.75. The second kappa shape index (κ2) is 11.2. The van der Waals surface area contributed by atoms with Crippen molar-refractivity contribution in [2.24, 2.45) is 23.7 Å². The molecule has 0 bridgehead atoms. The first-order valence-electron chi connectivity index (χ1n) is 11.7. The smallest absolute Gasteiger partial charge is 0.314 e. The standard InChI is InChI=1S/C27H36O2/c1-3-21-9-11-23(12-10-21)7-5-6-8-24-15-19-26(20-16-24)29-27(28)25-17-13-22(4-2)14-18-25/h5,7,15-16,19-23,25H,3-4,9-14,17-18H2,1-2H3/b7-5+. The van der Waals surface area contributed by atoms with Crippen LogP contribution >= 0.6 is 0 Å². The van der Waals surface area contributed by atoms with E-state index in [1.165, 1.54) is 38.5 Å². The third-order valence-corrected chi connectivity index (χ3v) is 6.97. The van der Waals surface area contributed by atoms with Gasteiger partial charge in [0.15, 0.2) is 0 Å². The molecule has 2 nitrogen and oxygen atoms in total. The number of allylic oxidation sites excluding steroid dienone is 2. The highest BCUT2D eigenvalue weighted by Crippen LogP contribution is 2.32. The van der Waals surface area contributed by atoms with Gasteiger partial charge in [-0.15, -0.1) is 0 Å². The number of esters is 1. The van der Waals surface area contributed by atoms with Crippen LogP contribution in [0.3, 0.4) is 0 Å². The number of carbonyl (C=O) groups excluding carboxylic acids is 1. The van der Waals surface area contributed by atoms with Crippen LogP contribution in [0, 0.1) is 35.5 Å². The van der Waals surface area contributed by atoms with Crippen molar-refractivity contribution in [3.8, 4) is 17.6 Å². The highest BCUT2D eigenvalue weighted by Gasteiger charge is 2.26. The van der Waals surface area contributed by atoms with Gasteiger partial charge in [-0.05, 0) is 99.5 Å². The summed E-state index contributed by atoms with van der Waals surface area (Å²) in [6.45, 7) is 4.54. The largest absolute Gasteiger partial charge is 0.426 e. The van der Waals surface area contributed by atoms with Crippen LogP contribution in [0.15, 0.2) is 36.4 Å². The molecule has 2 aliphatic carbocycles. The van der Waals surface area contributed by atoms with Gasteiger partial charge in [0.2, 0.25) is 0 Å². The molecule has 0 heterocycles. The lowest BCUT2D eigenvalue weighted by Crippen LogP contribution is -2.25. The number of hydrogen-bond donors (Lipinski definition) is 0. The molecule has 0 amide bonds. The summed E-state index contributed by atoms with van der Waals surface area (Å²) >= 11 is 0. The number of ether oxygens (including phenoxy) is 1. The molecule has 2 saturated carbocycles. The van der Waals surface area contributed by atoms with Crippen molar-refractivity contribution in [1.82, 2.24) is 0 Å². The van der Waals surface area contributed by atoms with Gasteiger partial charge in [-0.2, -0.15) is 0 Å². The molecule has 0 radical (unpaired) electrons. The molecule has 1 aromatic carbocycles. The SMILES string of the molecule is CCC1CCC(/C=C/C#Cc2ccc(OC(=O)C3CCC(CC)CC3)cc2)CC1. The van der Waals surface area contributed by atoms with Gasteiger partial charge < -0.3 is 4.74 Å². The molecule has 1 aromatic rings. The van der Waals surface area contributed by atoms with Crippen LogP contribution in [-0.2, 0) is 4.79 Å². The van der Waals surface area contributed by atoms with E-state index < -0.39 is 0 Å². The number of benzene rings is 1. The molecule has 0 aromatic heterocycles. The lowest BCUT2D eigenvalue weighted by atomic mass is 9.81. The van der Waals surface area contributed by atoms with Crippen LogP contribution in [0.5, 0.6) is 5.75 Å². The normalized spacial score (nSPS) is 27.2. The Kier molecular flexibility index (Phi) is 8.41. The van der Waals surface area contributed by atoms with Crippen LogP contribution in [0.2, 0.25) is 0 Å². The molecule has 0 atom stereocenters. The Hall–Kier alpha value is -2.01. The maximum Gasteiger partial charge on any atom is 0.314 e. The van der Waals surface area contributed by atoms with Gasteiger partial charge in [0.05, 0.1) is 5.92 Å². The molecule has 0 saturated heterocycles. The molecule has 0 N–H and O–H groups in total. The summed E-state index contributed by atoms with van der Waals surface area (Å²) in [6, 6.07) is 7.58. The van der Waals surface area contributed by atoms with Crippen molar-refractivity contribution in [3.63, 3.8) is 0 Å². The maximum absolute atomic E-state index is 12.4. The highest BCUT2D eigenvalue weighted by atomic mass is 16.5. The summed E-state index contributed by atoms with van der Waals surface area (Å²) in [5.74, 6) is 9.38. The van der Waals surface area contributed by atoms with Gasteiger partial charge in [0.25, 0.3) is 0 Å². The van der Waals surface area contributed by atoms with E-state index in [0.29, 0.717) is 11.7 Å². The van der Waals surface area contributed by atoms with E-state index in [-0.39, 0.29) is 11.9 Å². The summed E-state index contributed by atoms with van der Waals surface area (Å²) in [5, 5.41) is 0. The van der Waals surface area contributed by atoms with Crippen LogP contribution in [0.1, 0.15) is 83.6 Å². The predicted molar refractivity (Wildman–Crippen MR) is 120 cm³/mol. The summed E-state index contributed by atoms with van der Waals surface area (Å²) in [4.78, 5) is 12.4. The van der Waals surface area contributed by atoms with Crippen molar-refractivity contribution in [2.75, 3.05) is 0 Å². The zero-order valence-electron chi connectivity index (χ0n) is 18.2. The Morgan fingerprint density at radius 2 is 1.52 bits per heavy atom. The van der Waals surface area contributed by atoms with Crippen LogP contribution < -0.4 is 4.74 Å². The van der Waals surface area contributed by atoms with Gasteiger partial charge >= 0.3 is 5.97 Å². The van der Waals surface area contributed by atoms with Crippen LogP contribution in [-0.4, -0.2) is 5.97 Å². The zero-order valence-corrected chi connectivity index (χ0v) is 18.2. The van der Waals surface area contributed by atoms with E-state index in [0.717, 1.165) is 43.1 Å². The Bertz CT molecular complexity index is 718. The monoisotopic (exact) mass is 392 g/mol. The molecule has 0 spiro atoms. The molecular formula is C27H36O2. The number of rotatable bonds is 5. The van der Waals surface area contributed by atoms with E-state index >= 15 is 0 Å². The third-order valence-electron chi connectivity index (χ3n) is 6.97. The first kappa shape index (κ1) is 21.7. The van der Waals surface area contributed by atoms with E-state index in [4.69, 9.17) is 4.74 Å². The number of hydrogen-bond acceptors (Lipinski definition) is 2. The Morgan fingerprint density at radius 1 is 0.931 bits per heavy atom. The van der Waals surface area contributed by atoms with E-state index in [1.54, 1.807) is 0 Å². The molecule has 0 unspecified atom stereocenters. The molecule has 0 aliphatic heterocycles. The predicted octanol–water partition coefficient (Wildman–Crippen LogP) is 6.93. The van der Waals surface area contributed by atoms with Crippen LogP contribution in [0.4, 0.5) is 0 Å². The molecule has 29 heavy (non-hydrogen) atoms. The second-order valence-electron chi connectivity index (χ2n) is 8.89. The Morgan fingerprint density at radius 3 is 2.10 bits per heavy atom. The summed E-state index contributed by atoms with van der Waals surface area (Å²) in [6.07, 6.45) is 16.4. The van der Waals surface area contributed by atoms with Gasteiger partial charge in [-0.25, -0.2) is 0 Å². The molecule has 156 valence electrons. The van der Waals surface area contributed by atoms with Crippen molar-refractivity contribution < 1.29 is 9.53 Å². The van der Waals surface area contributed by atoms with E-state index in [9.17, 15) is 4.79 Å². The fourth-order valence-corrected chi connectivity index (χ4v) is 4.71. The first-order chi connectivity index (χ1) is 14.2.